The molecular weight excluding hydrogens is 230 g/mol. The van der Waals surface area contributed by atoms with Crippen LogP contribution in [0.25, 0.3) is 0 Å². The first-order chi connectivity index (χ1) is 8.61. The van der Waals surface area contributed by atoms with Gasteiger partial charge in [0, 0.05) is 19.5 Å². The molecule has 1 unspecified atom stereocenters. The minimum atomic E-state index is -0.161. The van der Waals surface area contributed by atoms with E-state index in [9.17, 15) is 9.59 Å². The lowest BCUT2D eigenvalue weighted by Gasteiger charge is -2.35. The van der Waals surface area contributed by atoms with Gasteiger partial charge in [-0.3, -0.25) is 14.5 Å². The second-order valence-electron chi connectivity index (χ2n) is 5.26. The molecule has 0 spiro atoms. The Morgan fingerprint density at radius 1 is 1.22 bits per heavy atom. The summed E-state index contributed by atoms with van der Waals surface area (Å²) in [4.78, 5) is 27.1. The van der Waals surface area contributed by atoms with Crippen LogP contribution in [0.3, 0.4) is 0 Å². The van der Waals surface area contributed by atoms with Crippen molar-refractivity contribution in [1.82, 2.24) is 15.1 Å². The maximum atomic E-state index is 12.0. The average molecular weight is 253 g/mol. The van der Waals surface area contributed by atoms with E-state index >= 15 is 0 Å². The molecule has 2 aliphatic rings. The molecule has 1 atom stereocenters. The number of piperidine rings is 2. The van der Waals surface area contributed by atoms with Crippen molar-refractivity contribution in [1.29, 1.82) is 0 Å². The molecule has 2 aliphatic heterocycles. The Bertz CT molecular complexity index is 324. The number of carbonyl (C=O) groups excluding carboxylic acids is 2. The van der Waals surface area contributed by atoms with Gasteiger partial charge >= 0.3 is 0 Å². The normalized spacial score (nSPS) is 27.9. The van der Waals surface area contributed by atoms with E-state index in [1.165, 1.54) is 4.90 Å². The number of hydrogen-bond donors (Lipinski definition) is 1. The van der Waals surface area contributed by atoms with Crippen LogP contribution in [0.2, 0.25) is 0 Å². The van der Waals surface area contributed by atoms with E-state index in [2.05, 4.69) is 17.1 Å². The SMILES string of the molecule is CCN1CCC(NC2CCC(=O)N(C)C2=O)CC1. The fraction of sp³-hybridized carbons (Fsp3) is 0.846. The second kappa shape index (κ2) is 5.80. The van der Waals surface area contributed by atoms with Crippen LogP contribution in [-0.4, -0.2) is 60.4 Å². The van der Waals surface area contributed by atoms with Crippen LogP contribution in [-0.2, 0) is 9.59 Å². The van der Waals surface area contributed by atoms with E-state index in [0.717, 1.165) is 32.5 Å². The van der Waals surface area contributed by atoms with E-state index in [0.29, 0.717) is 18.9 Å². The maximum absolute atomic E-state index is 12.0. The molecule has 5 nitrogen and oxygen atoms in total. The summed E-state index contributed by atoms with van der Waals surface area (Å²) in [6, 6.07) is 0.259. The number of likely N-dealkylation sites (tertiary alicyclic amines) is 2. The van der Waals surface area contributed by atoms with Gasteiger partial charge in [0.05, 0.1) is 6.04 Å². The van der Waals surface area contributed by atoms with Crippen LogP contribution in [0.5, 0.6) is 0 Å². The minimum absolute atomic E-state index is 0.0566. The van der Waals surface area contributed by atoms with Gasteiger partial charge in [0.2, 0.25) is 11.8 Å². The molecule has 18 heavy (non-hydrogen) atoms. The Morgan fingerprint density at radius 3 is 2.50 bits per heavy atom. The summed E-state index contributed by atoms with van der Waals surface area (Å²) in [6.45, 7) is 5.49. The quantitative estimate of drug-likeness (QED) is 0.731. The molecule has 5 heteroatoms. The van der Waals surface area contributed by atoms with Crippen molar-refractivity contribution >= 4 is 11.8 Å². The standard InChI is InChI=1S/C13H23N3O2/c1-3-16-8-6-10(7-9-16)14-11-4-5-12(17)15(2)13(11)18/h10-11,14H,3-9H2,1-2H3. The van der Waals surface area contributed by atoms with Gasteiger partial charge in [0.25, 0.3) is 0 Å². The predicted octanol–water partition coefficient (Wildman–Crippen LogP) is 0.208. The largest absolute Gasteiger partial charge is 0.303 e. The van der Waals surface area contributed by atoms with E-state index in [-0.39, 0.29) is 17.9 Å². The second-order valence-corrected chi connectivity index (χ2v) is 5.26. The van der Waals surface area contributed by atoms with Gasteiger partial charge in [-0.05, 0) is 38.9 Å². The summed E-state index contributed by atoms with van der Waals surface area (Å²) in [6.07, 6.45) is 3.31. The molecule has 0 saturated carbocycles. The number of nitrogens with one attached hydrogen (secondary N) is 1. The van der Waals surface area contributed by atoms with Gasteiger partial charge in [-0.15, -0.1) is 0 Å². The Labute approximate surface area is 108 Å². The van der Waals surface area contributed by atoms with Crippen molar-refractivity contribution in [2.75, 3.05) is 26.7 Å². The monoisotopic (exact) mass is 253 g/mol. The summed E-state index contributed by atoms with van der Waals surface area (Å²) in [5, 5.41) is 3.43. The molecule has 102 valence electrons. The topological polar surface area (TPSA) is 52.7 Å². The molecule has 1 N–H and O–H groups in total. The van der Waals surface area contributed by atoms with Crippen LogP contribution in [0.1, 0.15) is 32.6 Å². The van der Waals surface area contributed by atoms with Gasteiger partial charge in [-0.1, -0.05) is 6.92 Å². The number of likely N-dealkylation sites (N-methyl/N-ethyl adjacent to an activating group) is 1. The van der Waals surface area contributed by atoms with Crippen LogP contribution >= 0.6 is 0 Å². The molecule has 2 rings (SSSR count). The molecule has 0 aromatic carbocycles. The average Bonchev–Trinajstić information content (AvgIpc) is 2.40. The number of amides is 2. The van der Waals surface area contributed by atoms with E-state index in [1.54, 1.807) is 7.05 Å². The minimum Gasteiger partial charge on any atom is -0.303 e. The molecule has 2 heterocycles. The maximum Gasteiger partial charge on any atom is 0.246 e. The third kappa shape index (κ3) is 2.90. The Balaban J connectivity index is 1.83. The van der Waals surface area contributed by atoms with Crippen molar-refractivity contribution in [3.8, 4) is 0 Å². The highest BCUT2D eigenvalue weighted by Crippen LogP contribution is 2.16. The first-order valence-electron chi connectivity index (χ1n) is 6.90. The van der Waals surface area contributed by atoms with Gasteiger partial charge in [-0.25, -0.2) is 0 Å². The van der Waals surface area contributed by atoms with Gasteiger partial charge in [-0.2, -0.15) is 0 Å². The first-order valence-corrected chi connectivity index (χ1v) is 6.90. The Hall–Kier alpha value is -0.940. The van der Waals surface area contributed by atoms with Gasteiger partial charge < -0.3 is 10.2 Å². The molecular formula is C13H23N3O2. The summed E-state index contributed by atoms with van der Waals surface area (Å²) >= 11 is 0. The third-order valence-electron chi connectivity index (χ3n) is 4.12. The van der Waals surface area contributed by atoms with Crippen molar-refractivity contribution < 1.29 is 9.59 Å². The van der Waals surface area contributed by atoms with Crippen LogP contribution < -0.4 is 5.32 Å². The summed E-state index contributed by atoms with van der Waals surface area (Å²) in [5.74, 6) is -0.122. The fourth-order valence-corrected chi connectivity index (χ4v) is 2.77. The molecule has 0 aromatic heterocycles. The molecule has 0 radical (unpaired) electrons. The van der Waals surface area contributed by atoms with Crippen LogP contribution in [0, 0.1) is 0 Å². The van der Waals surface area contributed by atoms with Crippen molar-refractivity contribution in [2.24, 2.45) is 0 Å². The van der Waals surface area contributed by atoms with Crippen LogP contribution in [0.15, 0.2) is 0 Å². The third-order valence-corrected chi connectivity index (χ3v) is 4.12. The molecule has 2 fully saturated rings. The van der Waals surface area contributed by atoms with E-state index in [1.807, 2.05) is 0 Å². The smallest absolute Gasteiger partial charge is 0.246 e. The number of nitrogens with zero attached hydrogens (tertiary/aromatic N) is 2. The van der Waals surface area contributed by atoms with E-state index < -0.39 is 0 Å². The van der Waals surface area contributed by atoms with Crippen molar-refractivity contribution in [3.05, 3.63) is 0 Å². The fourth-order valence-electron chi connectivity index (χ4n) is 2.77. The van der Waals surface area contributed by atoms with Gasteiger partial charge in [0.15, 0.2) is 0 Å². The lowest BCUT2D eigenvalue weighted by Crippen LogP contribution is -2.55. The number of imide groups is 1. The number of carbonyl (C=O) groups is 2. The molecule has 0 aromatic rings. The van der Waals surface area contributed by atoms with E-state index in [4.69, 9.17) is 0 Å². The zero-order chi connectivity index (χ0) is 13.1. The van der Waals surface area contributed by atoms with Crippen molar-refractivity contribution in [3.63, 3.8) is 0 Å². The molecule has 0 aliphatic carbocycles. The molecule has 2 amide bonds. The zero-order valence-corrected chi connectivity index (χ0v) is 11.3. The first kappa shape index (κ1) is 13.5. The summed E-state index contributed by atoms with van der Waals surface area (Å²) in [7, 11) is 1.58. The summed E-state index contributed by atoms with van der Waals surface area (Å²) in [5.41, 5.74) is 0. The number of hydrogen-bond acceptors (Lipinski definition) is 4. The predicted molar refractivity (Wildman–Crippen MR) is 69.1 cm³/mol. The van der Waals surface area contributed by atoms with Crippen molar-refractivity contribution in [2.45, 2.75) is 44.7 Å². The highest BCUT2D eigenvalue weighted by Gasteiger charge is 2.33. The van der Waals surface area contributed by atoms with Crippen LogP contribution in [0.4, 0.5) is 0 Å². The Kier molecular flexibility index (Phi) is 4.35. The molecule has 2 saturated heterocycles. The van der Waals surface area contributed by atoms with Gasteiger partial charge in [0.1, 0.15) is 0 Å². The highest BCUT2D eigenvalue weighted by molar-refractivity contribution is 6.00. The lowest BCUT2D eigenvalue weighted by atomic mass is 9.99. The number of rotatable bonds is 3. The molecule has 0 bridgehead atoms. The highest BCUT2D eigenvalue weighted by atomic mass is 16.2. The Morgan fingerprint density at radius 2 is 1.89 bits per heavy atom. The zero-order valence-electron chi connectivity index (χ0n) is 11.3. The lowest BCUT2D eigenvalue weighted by molar-refractivity contribution is -0.148. The summed E-state index contributed by atoms with van der Waals surface area (Å²) < 4.78 is 0.